The topological polar surface area (TPSA) is 111 Å². The van der Waals surface area contributed by atoms with Crippen molar-refractivity contribution in [1.82, 2.24) is 5.32 Å². The van der Waals surface area contributed by atoms with Gasteiger partial charge in [0.2, 0.25) is 5.91 Å². The van der Waals surface area contributed by atoms with E-state index in [4.69, 9.17) is 13.8 Å². The molecule has 0 rings (SSSR count). The molecule has 0 fully saturated rings. The first-order valence-corrected chi connectivity index (χ1v) is 35.2. The Morgan fingerprint density at radius 3 is 1.15 bits per heavy atom. The zero-order valence-electron chi connectivity index (χ0n) is 54.6. The van der Waals surface area contributed by atoms with Crippen molar-refractivity contribution in [2.75, 3.05) is 40.9 Å². The summed E-state index contributed by atoms with van der Waals surface area (Å²) < 4.78 is 30.7. The molecule has 2 N–H and O–H groups in total. The fourth-order valence-corrected chi connectivity index (χ4v) is 9.65. The number of carbonyl (C=O) groups is 2. The molecule has 0 aromatic heterocycles. The normalized spacial score (nSPS) is 14.5. The summed E-state index contributed by atoms with van der Waals surface area (Å²) in [5, 5.41) is 3.05. The van der Waals surface area contributed by atoms with Crippen molar-refractivity contribution in [3.63, 3.8) is 0 Å². The third kappa shape index (κ3) is 62.4. The molecule has 0 heterocycles. The number of rotatable bonds is 59. The van der Waals surface area contributed by atoms with Gasteiger partial charge in [0.05, 0.1) is 33.8 Å². The maximum atomic E-state index is 13.6. The number of carbonyl (C=O) groups excluding carboxylic acids is 2. The molecule has 84 heavy (non-hydrogen) atoms. The summed E-state index contributed by atoms with van der Waals surface area (Å²) in [5.41, 5.74) is 0. The number of phosphoric ester groups is 1. The fourth-order valence-electron chi connectivity index (χ4n) is 8.91. The minimum atomic E-state index is -4.48. The third-order valence-electron chi connectivity index (χ3n) is 14.0. The Kier molecular flexibility index (Phi) is 58.9. The van der Waals surface area contributed by atoms with Gasteiger partial charge in [0.15, 0.2) is 0 Å². The van der Waals surface area contributed by atoms with Crippen LogP contribution in [0.5, 0.6) is 0 Å². The average molecular weight is 1190 g/mol. The Balaban J connectivity index is 5.24. The number of nitrogens with one attached hydrogen (secondary N) is 1. The van der Waals surface area contributed by atoms with Gasteiger partial charge in [-0.1, -0.05) is 263 Å². The fraction of sp³-hybridized carbons (Fsp3) is 0.649. The summed E-state index contributed by atoms with van der Waals surface area (Å²) in [4.78, 5) is 37.8. The molecule has 0 aliphatic rings. The number of allylic oxidation sites excluding steroid dienone is 23. The van der Waals surface area contributed by atoms with Gasteiger partial charge in [-0.3, -0.25) is 18.6 Å². The summed E-state index contributed by atoms with van der Waals surface area (Å²) in [7, 11) is 1.45. The first-order valence-electron chi connectivity index (χ1n) is 33.7. The summed E-state index contributed by atoms with van der Waals surface area (Å²) in [6.45, 7) is 6.74. The molecule has 0 radical (unpaired) electrons. The van der Waals surface area contributed by atoms with Crippen LogP contribution in [0.1, 0.15) is 258 Å². The number of hydrogen-bond acceptors (Lipinski definition) is 6. The molecule has 3 atom stereocenters. The van der Waals surface area contributed by atoms with Crippen LogP contribution in [0.25, 0.3) is 0 Å². The highest BCUT2D eigenvalue weighted by Crippen LogP contribution is 2.43. The number of phosphoric acid groups is 1. The molecule has 3 unspecified atom stereocenters. The van der Waals surface area contributed by atoms with Gasteiger partial charge in [0.1, 0.15) is 19.3 Å². The van der Waals surface area contributed by atoms with E-state index in [1.54, 1.807) is 0 Å². The van der Waals surface area contributed by atoms with E-state index in [2.05, 4.69) is 160 Å². The molecule has 9 nitrogen and oxygen atoms in total. The molecule has 0 spiro atoms. The zero-order chi connectivity index (χ0) is 61.4. The van der Waals surface area contributed by atoms with Gasteiger partial charge < -0.3 is 19.4 Å². The SMILES string of the molecule is CC/C=C\C/C=C\C/C=C\C/C=C\C/C=C\C/C=C\CCCCC(=O)OC(/C=C\CCCCCCCCCCCC)C(COP(=O)(O)OCC[N+](C)(C)C)NC(=O)CCCCCCCCCCC/C=C\C/C=C\C/C=C\C/C=C\C/C=C\CC. The number of likely N-dealkylation sites (N-methyl/N-ethyl adjacent to an activating group) is 1. The minimum Gasteiger partial charge on any atom is -0.456 e. The van der Waals surface area contributed by atoms with E-state index in [-0.39, 0.29) is 31.5 Å². The van der Waals surface area contributed by atoms with E-state index < -0.39 is 20.0 Å². The molecule has 10 heteroatoms. The highest BCUT2D eigenvalue weighted by atomic mass is 31.2. The van der Waals surface area contributed by atoms with Gasteiger partial charge >= 0.3 is 13.8 Å². The van der Waals surface area contributed by atoms with E-state index in [1.807, 2.05) is 33.3 Å². The smallest absolute Gasteiger partial charge is 0.456 e. The lowest BCUT2D eigenvalue weighted by atomic mass is 10.0. The van der Waals surface area contributed by atoms with Crippen LogP contribution in [-0.2, 0) is 27.9 Å². The Morgan fingerprint density at radius 2 is 0.762 bits per heavy atom. The lowest BCUT2D eigenvalue weighted by Gasteiger charge is -2.27. The van der Waals surface area contributed by atoms with E-state index in [0.717, 1.165) is 135 Å². The van der Waals surface area contributed by atoms with Crippen molar-refractivity contribution in [2.24, 2.45) is 0 Å². The maximum Gasteiger partial charge on any atom is 0.472 e. The Labute approximate surface area is 517 Å². The molecule has 0 aromatic carbocycles. The second kappa shape index (κ2) is 62.0. The molecule has 0 aliphatic heterocycles. The first-order chi connectivity index (χ1) is 40.9. The quantitative estimate of drug-likeness (QED) is 0.0205. The molecule has 0 saturated heterocycles. The maximum absolute atomic E-state index is 13.6. The number of ether oxygens (including phenoxy) is 1. The number of nitrogens with zero attached hydrogens (tertiary/aromatic N) is 1. The number of esters is 1. The summed E-state index contributed by atoms with van der Waals surface area (Å²) in [6.07, 6.45) is 90.0. The minimum absolute atomic E-state index is 0.0237. The van der Waals surface area contributed by atoms with Crippen LogP contribution in [0.2, 0.25) is 0 Å². The van der Waals surface area contributed by atoms with Crippen LogP contribution in [0, 0.1) is 0 Å². The lowest BCUT2D eigenvalue weighted by molar-refractivity contribution is -0.870. The van der Waals surface area contributed by atoms with Crippen molar-refractivity contribution in [3.05, 3.63) is 146 Å². The van der Waals surface area contributed by atoms with E-state index >= 15 is 0 Å². The molecular weight excluding hydrogens is 1060 g/mol. The summed E-state index contributed by atoms with van der Waals surface area (Å²) in [6, 6.07) is -0.882. The monoisotopic (exact) mass is 1190 g/mol. The average Bonchev–Trinajstić information content (AvgIpc) is 3.65. The van der Waals surface area contributed by atoms with Gasteiger partial charge in [-0.05, 0) is 128 Å². The standard InChI is InChI=1S/C74H125N2O7P/c1-7-10-13-16-19-22-25-28-30-32-34-36-37-38-39-41-42-44-46-48-51-54-57-60-63-66-73(77)75-71(70-82-84(79,80)81-69-68-76(4,5)6)72(65-62-59-56-53-50-27-24-21-18-15-12-9-3)83-74(78)67-64-61-58-55-52-49-47-45-43-40-35-33-31-29-26-23-20-17-14-11-8-2/h10-11,13-14,19-20,22-23,28-31,34-36,38-40,45,47,52,55,62,65,71-72H,7-9,12,15-18,21,24-27,32-33,37,41-44,46,48-51,53-54,56-61,63-64,66-70H2,1-6H3,(H-,75,77,79,80)/p+1/b13-10-,14-11-,22-19-,23-20-,30-28-,31-29-,36-34-,39-38-,40-35-,47-45-,55-52-,65-62-. The van der Waals surface area contributed by atoms with Crippen molar-refractivity contribution >= 4 is 19.7 Å². The van der Waals surface area contributed by atoms with Gasteiger partial charge in [-0.25, -0.2) is 4.57 Å². The van der Waals surface area contributed by atoms with E-state index in [1.165, 1.54) is 83.5 Å². The molecule has 1 amide bonds. The van der Waals surface area contributed by atoms with Gasteiger partial charge in [-0.15, -0.1) is 0 Å². The van der Waals surface area contributed by atoms with Crippen LogP contribution in [0.4, 0.5) is 0 Å². The van der Waals surface area contributed by atoms with Crippen LogP contribution >= 0.6 is 7.82 Å². The largest absolute Gasteiger partial charge is 0.472 e. The number of hydrogen-bond donors (Lipinski definition) is 2. The first kappa shape index (κ1) is 79.9. The van der Waals surface area contributed by atoms with Crippen molar-refractivity contribution in [2.45, 2.75) is 270 Å². The van der Waals surface area contributed by atoms with Crippen LogP contribution < -0.4 is 5.32 Å². The molecule has 0 bridgehead atoms. The summed E-state index contributed by atoms with van der Waals surface area (Å²) >= 11 is 0. The van der Waals surface area contributed by atoms with Gasteiger partial charge in [0, 0.05) is 12.8 Å². The molecule has 0 saturated carbocycles. The predicted molar refractivity (Wildman–Crippen MR) is 364 cm³/mol. The molecule has 0 aromatic rings. The highest BCUT2D eigenvalue weighted by molar-refractivity contribution is 7.47. The molecular formula is C74H126N2O7P+. The van der Waals surface area contributed by atoms with Crippen molar-refractivity contribution < 1.29 is 37.3 Å². The zero-order valence-corrected chi connectivity index (χ0v) is 55.5. The van der Waals surface area contributed by atoms with Crippen molar-refractivity contribution in [1.29, 1.82) is 0 Å². The predicted octanol–water partition coefficient (Wildman–Crippen LogP) is 21.4. The van der Waals surface area contributed by atoms with E-state index in [0.29, 0.717) is 23.9 Å². The molecule has 478 valence electrons. The summed E-state index contributed by atoms with van der Waals surface area (Å²) in [5.74, 6) is -0.572. The number of quaternary nitrogens is 1. The third-order valence-corrected chi connectivity index (χ3v) is 15.0. The van der Waals surface area contributed by atoms with Crippen molar-refractivity contribution in [3.8, 4) is 0 Å². The van der Waals surface area contributed by atoms with Gasteiger partial charge in [-0.2, -0.15) is 0 Å². The highest BCUT2D eigenvalue weighted by Gasteiger charge is 2.30. The Morgan fingerprint density at radius 1 is 0.429 bits per heavy atom. The van der Waals surface area contributed by atoms with Gasteiger partial charge in [0.25, 0.3) is 0 Å². The Bertz CT molecular complexity index is 1950. The molecule has 0 aliphatic carbocycles. The van der Waals surface area contributed by atoms with Crippen LogP contribution in [0.15, 0.2) is 146 Å². The van der Waals surface area contributed by atoms with Crippen LogP contribution in [-0.4, -0.2) is 74.3 Å². The number of amides is 1. The second-order valence-electron chi connectivity index (χ2n) is 23.2. The Hall–Kier alpha value is -4.11. The van der Waals surface area contributed by atoms with Crippen LogP contribution in [0.3, 0.4) is 0 Å². The number of unbranched alkanes of at least 4 members (excludes halogenated alkanes) is 21. The second-order valence-corrected chi connectivity index (χ2v) is 24.7. The van der Waals surface area contributed by atoms with E-state index in [9.17, 15) is 19.0 Å². The lowest BCUT2D eigenvalue weighted by Crippen LogP contribution is -2.47.